The lowest BCUT2D eigenvalue weighted by molar-refractivity contribution is 0.560. The van der Waals surface area contributed by atoms with E-state index in [1.807, 2.05) is 13.8 Å². The monoisotopic (exact) mass is 276 g/mol. The highest BCUT2D eigenvalue weighted by atomic mass is 35.5. The van der Waals surface area contributed by atoms with E-state index in [1.165, 1.54) is 12.1 Å². The Bertz CT molecular complexity index is 489. The molecule has 6 heteroatoms. The molecule has 0 radical (unpaired) electrons. The lowest BCUT2D eigenvalue weighted by atomic mass is 10.2. The average Bonchev–Trinajstić information content (AvgIpc) is 2.22. The van der Waals surface area contributed by atoms with Gasteiger partial charge in [0.1, 0.15) is 0 Å². The second kappa shape index (κ2) is 5.25. The number of benzene rings is 1. The van der Waals surface area contributed by atoms with Gasteiger partial charge in [-0.25, -0.2) is 13.1 Å². The Balaban J connectivity index is 3.08. The molecule has 0 spiro atoms. The molecule has 0 atom stereocenters. The minimum absolute atomic E-state index is 0.151. The van der Waals surface area contributed by atoms with Gasteiger partial charge in [0, 0.05) is 6.54 Å². The first-order valence-electron chi connectivity index (χ1n) is 5.29. The van der Waals surface area contributed by atoms with E-state index < -0.39 is 10.0 Å². The van der Waals surface area contributed by atoms with E-state index >= 15 is 0 Å². The zero-order valence-electron chi connectivity index (χ0n) is 10.1. The SMILES string of the molecule is Cc1cc(S(=O)(=O)NCC(C)C)cc(N)c1Cl. The van der Waals surface area contributed by atoms with Gasteiger partial charge in [-0.2, -0.15) is 0 Å². The molecule has 0 aromatic heterocycles. The maximum absolute atomic E-state index is 11.9. The minimum Gasteiger partial charge on any atom is -0.397 e. The molecule has 17 heavy (non-hydrogen) atoms. The summed E-state index contributed by atoms with van der Waals surface area (Å²) >= 11 is 5.89. The number of sulfonamides is 1. The van der Waals surface area contributed by atoms with E-state index in [4.69, 9.17) is 17.3 Å². The summed E-state index contributed by atoms with van der Waals surface area (Å²) in [5.41, 5.74) is 6.57. The summed E-state index contributed by atoms with van der Waals surface area (Å²) in [5, 5.41) is 0.396. The summed E-state index contributed by atoms with van der Waals surface area (Å²) in [6.07, 6.45) is 0. The van der Waals surface area contributed by atoms with Crippen LogP contribution in [0.5, 0.6) is 0 Å². The van der Waals surface area contributed by atoms with Gasteiger partial charge in [-0.05, 0) is 30.5 Å². The molecule has 1 rings (SSSR count). The quantitative estimate of drug-likeness (QED) is 0.828. The highest BCUT2D eigenvalue weighted by molar-refractivity contribution is 7.89. The van der Waals surface area contributed by atoms with E-state index in [2.05, 4.69) is 4.72 Å². The zero-order chi connectivity index (χ0) is 13.2. The molecule has 96 valence electrons. The molecule has 0 bridgehead atoms. The van der Waals surface area contributed by atoms with Crippen molar-refractivity contribution in [3.8, 4) is 0 Å². The molecule has 0 unspecified atom stereocenters. The number of nitrogens with one attached hydrogen (secondary N) is 1. The normalized spacial score (nSPS) is 12.1. The third-order valence-electron chi connectivity index (χ3n) is 2.25. The van der Waals surface area contributed by atoms with Gasteiger partial charge in [0.25, 0.3) is 0 Å². The van der Waals surface area contributed by atoms with Crippen molar-refractivity contribution in [2.45, 2.75) is 25.7 Å². The molecule has 0 amide bonds. The highest BCUT2D eigenvalue weighted by Crippen LogP contribution is 2.26. The fourth-order valence-electron chi connectivity index (χ4n) is 1.28. The molecule has 1 aromatic rings. The van der Waals surface area contributed by atoms with E-state index in [0.29, 0.717) is 17.1 Å². The largest absolute Gasteiger partial charge is 0.397 e. The van der Waals surface area contributed by atoms with Gasteiger partial charge in [-0.15, -0.1) is 0 Å². The van der Waals surface area contributed by atoms with Gasteiger partial charge in [0.05, 0.1) is 15.6 Å². The molecule has 0 saturated carbocycles. The Hall–Kier alpha value is -0.780. The molecular weight excluding hydrogens is 260 g/mol. The molecule has 0 heterocycles. The smallest absolute Gasteiger partial charge is 0.240 e. The Morgan fingerprint density at radius 1 is 1.41 bits per heavy atom. The van der Waals surface area contributed by atoms with Gasteiger partial charge < -0.3 is 5.73 Å². The van der Waals surface area contributed by atoms with E-state index in [1.54, 1.807) is 6.92 Å². The zero-order valence-corrected chi connectivity index (χ0v) is 11.7. The molecule has 0 fully saturated rings. The number of rotatable bonds is 4. The van der Waals surface area contributed by atoms with Crippen molar-refractivity contribution in [3.63, 3.8) is 0 Å². The number of nitrogens with two attached hydrogens (primary N) is 1. The molecular formula is C11H17ClN2O2S. The van der Waals surface area contributed by atoms with E-state index in [9.17, 15) is 8.42 Å². The van der Waals surface area contributed by atoms with Crippen molar-refractivity contribution in [1.29, 1.82) is 0 Å². The number of hydrogen-bond donors (Lipinski definition) is 2. The van der Waals surface area contributed by atoms with Crippen molar-refractivity contribution in [2.75, 3.05) is 12.3 Å². The number of aryl methyl sites for hydroxylation is 1. The van der Waals surface area contributed by atoms with Crippen LogP contribution in [-0.2, 0) is 10.0 Å². The van der Waals surface area contributed by atoms with Gasteiger partial charge in [-0.1, -0.05) is 25.4 Å². The first-order chi connectivity index (χ1) is 7.74. The van der Waals surface area contributed by atoms with Crippen molar-refractivity contribution in [2.24, 2.45) is 5.92 Å². The minimum atomic E-state index is -3.51. The van der Waals surface area contributed by atoms with Crippen LogP contribution < -0.4 is 10.5 Å². The lowest BCUT2D eigenvalue weighted by Gasteiger charge is -2.11. The summed E-state index contributed by atoms with van der Waals surface area (Å²) < 4.78 is 26.4. The molecule has 0 aliphatic heterocycles. The van der Waals surface area contributed by atoms with Gasteiger partial charge in [0.2, 0.25) is 10.0 Å². The topological polar surface area (TPSA) is 72.2 Å². The highest BCUT2D eigenvalue weighted by Gasteiger charge is 2.16. The summed E-state index contributed by atoms with van der Waals surface area (Å²) in [7, 11) is -3.51. The van der Waals surface area contributed by atoms with Crippen LogP contribution in [0, 0.1) is 12.8 Å². The Morgan fingerprint density at radius 2 is 2.00 bits per heavy atom. The summed E-state index contributed by atoms with van der Waals surface area (Å²) in [4.78, 5) is 0.151. The van der Waals surface area contributed by atoms with Crippen LogP contribution in [0.2, 0.25) is 5.02 Å². The van der Waals surface area contributed by atoms with Gasteiger partial charge in [-0.3, -0.25) is 0 Å². The van der Waals surface area contributed by atoms with Crippen LogP contribution in [-0.4, -0.2) is 15.0 Å². The average molecular weight is 277 g/mol. The first-order valence-corrected chi connectivity index (χ1v) is 7.15. The standard InChI is InChI=1S/C11H17ClN2O2S/c1-7(2)6-14-17(15,16)9-4-8(3)11(12)10(13)5-9/h4-5,7,14H,6,13H2,1-3H3. The van der Waals surface area contributed by atoms with Gasteiger partial charge >= 0.3 is 0 Å². The van der Waals surface area contributed by atoms with Crippen LogP contribution in [0.4, 0.5) is 5.69 Å². The lowest BCUT2D eigenvalue weighted by Crippen LogP contribution is -2.27. The molecule has 4 nitrogen and oxygen atoms in total. The van der Waals surface area contributed by atoms with Crippen molar-refractivity contribution in [3.05, 3.63) is 22.7 Å². The van der Waals surface area contributed by atoms with Crippen LogP contribution in [0.25, 0.3) is 0 Å². The first kappa shape index (κ1) is 14.3. The fourth-order valence-corrected chi connectivity index (χ4v) is 2.72. The van der Waals surface area contributed by atoms with Crippen molar-refractivity contribution >= 4 is 27.3 Å². The Kier molecular flexibility index (Phi) is 4.41. The third kappa shape index (κ3) is 3.59. The maximum atomic E-state index is 11.9. The number of hydrogen-bond acceptors (Lipinski definition) is 3. The Morgan fingerprint density at radius 3 is 2.47 bits per heavy atom. The summed E-state index contributed by atoms with van der Waals surface area (Å²) in [5.74, 6) is 0.246. The van der Waals surface area contributed by atoms with E-state index in [-0.39, 0.29) is 16.5 Å². The number of nitrogen functional groups attached to an aromatic ring is 1. The van der Waals surface area contributed by atoms with E-state index in [0.717, 1.165) is 0 Å². The molecule has 0 aliphatic carbocycles. The predicted octanol–water partition coefficient (Wildman–Crippen LogP) is 2.16. The summed E-state index contributed by atoms with van der Waals surface area (Å²) in [6.45, 7) is 5.98. The second-order valence-electron chi connectivity index (χ2n) is 4.39. The molecule has 3 N–H and O–H groups in total. The predicted molar refractivity (Wildman–Crippen MR) is 70.6 cm³/mol. The second-order valence-corrected chi connectivity index (χ2v) is 6.53. The fraction of sp³-hybridized carbons (Fsp3) is 0.455. The third-order valence-corrected chi connectivity index (χ3v) is 4.17. The van der Waals surface area contributed by atoms with Crippen LogP contribution in [0.3, 0.4) is 0 Å². The summed E-state index contributed by atoms with van der Waals surface area (Å²) in [6, 6.07) is 2.89. The molecule has 1 aromatic carbocycles. The van der Waals surface area contributed by atoms with Crippen molar-refractivity contribution < 1.29 is 8.42 Å². The van der Waals surface area contributed by atoms with Crippen LogP contribution in [0.15, 0.2) is 17.0 Å². The maximum Gasteiger partial charge on any atom is 0.240 e. The van der Waals surface area contributed by atoms with Crippen molar-refractivity contribution in [1.82, 2.24) is 4.72 Å². The van der Waals surface area contributed by atoms with Gasteiger partial charge in [0.15, 0.2) is 0 Å². The number of halogens is 1. The van der Waals surface area contributed by atoms with Crippen LogP contribution in [0.1, 0.15) is 19.4 Å². The number of anilines is 1. The molecule has 0 saturated heterocycles. The molecule has 0 aliphatic rings. The van der Waals surface area contributed by atoms with Crippen LogP contribution >= 0.6 is 11.6 Å². The Labute approximate surface area is 107 Å².